The molecule has 1 heterocycles. The summed E-state index contributed by atoms with van der Waals surface area (Å²) < 4.78 is 1.32. The molecule has 2 amide bonds. The summed E-state index contributed by atoms with van der Waals surface area (Å²) in [5, 5.41) is 10.9. The van der Waals surface area contributed by atoms with E-state index in [1.165, 1.54) is 4.68 Å². The molecule has 0 unspecified atom stereocenters. The third-order valence-electron chi connectivity index (χ3n) is 4.44. The quantitative estimate of drug-likeness (QED) is 0.690. The Kier molecular flexibility index (Phi) is 5.77. The molecule has 0 spiro atoms. The average molecular weight is 392 g/mol. The first-order valence-corrected chi connectivity index (χ1v) is 9.51. The summed E-state index contributed by atoms with van der Waals surface area (Å²) in [7, 11) is 0. The minimum Gasteiger partial charge on any atom is -0.326 e. The molecule has 3 aromatic rings. The van der Waals surface area contributed by atoms with E-state index in [9.17, 15) is 14.4 Å². The van der Waals surface area contributed by atoms with E-state index in [1.54, 1.807) is 62.4 Å². The molecule has 0 aliphatic carbocycles. The van der Waals surface area contributed by atoms with E-state index < -0.39 is 5.91 Å². The second kappa shape index (κ2) is 8.26. The number of benzene rings is 2. The molecule has 2 N–H and O–H groups in total. The molecule has 2 aromatic carbocycles. The first-order valence-electron chi connectivity index (χ1n) is 9.51. The van der Waals surface area contributed by atoms with Crippen LogP contribution in [0.3, 0.4) is 0 Å². The van der Waals surface area contributed by atoms with Crippen molar-refractivity contribution < 1.29 is 9.59 Å². The maximum absolute atomic E-state index is 13.0. The molecule has 7 nitrogen and oxygen atoms in total. The van der Waals surface area contributed by atoms with Gasteiger partial charge in [0.25, 0.3) is 11.5 Å². The number of amides is 2. The Bertz CT molecular complexity index is 1130. The lowest BCUT2D eigenvalue weighted by Crippen LogP contribution is -2.28. The van der Waals surface area contributed by atoms with Crippen molar-refractivity contribution in [3.8, 4) is 0 Å². The van der Waals surface area contributed by atoms with E-state index in [4.69, 9.17) is 0 Å². The molecule has 29 heavy (non-hydrogen) atoms. The Balaban J connectivity index is 1.96. The van der Waals surface area contributed by atoms with Crippen molar-refractivity contribution in [2.24, 2.45) is 5.92 Å². The number of nitrogens with zero attached hydrogens (tertiary/aromatic N) is 2. The molecule has 0 aliphatic heterocycles. The number of nitrogens with one attached hydrogen (secondary N) is 2. The van der Waals surface area contributed by atoms with E-state index >= 15 is 0 Å². The molecule has 0 saturated carbocycles. The van der Waals surface area contributed by atoms with Crippen LogP contribution in [0.2, 0.25) is 0 Å². The highest BCUT2D eigenvalue weighted by Crippen LogP contribution is 2.19. The normalized spacial score (nSPS) is 11.1. The Morgan fingerprint density at radius 3 is 2.14 bits per heavy atom. The molecule has 0 bridgehead atoms. The van der Waals surface area contributed by atoms with Crippen LogP contribution in [0.4, 0.5) is 11.4 Å². The van der Waals surface area contributed by atoms with Crippen LogP contribution in [0.5, 0.6) is 0 Å². The first-order chi connectivity index (χ1) is 13.8. The van der Waals surface area contributed by atoms with Gasteiger partial charge in [0.15, 0.2) is 5.69 Å². The van der Waals surface area contributed by atoms with Crippen LogP contribution in [0.25, 0.3) is 10.8 Å². The smallest absolute Gasteiger partial charge is 0.276 e. The second-order valence-electron chi connectivity index (χ2n) is 7.42. The fourth-order valence-electron chi connectivity index (χ4n) is 2.88. The Morgan fingerprint density at radius 1 is 0.897 bits per heavy atom. The number of anilines is 2. The lowest BCUT2D eigenvalue weighted by Gasteiger charge is -2.14. The molecule has 7 heteroatoms. The van der Waals surface area contributed by atoms with Crippen molar-refractivity contribution in [1.29, 1.82) is 0 Å². The Morgan fingerprint density at radius 2 is 1.52 bits per heavy atom. The van der Waals surface area contributed by atoms with Gasteiger partial charge in [0.05, 0.1) is 11.4 Å². The number of carbonyl (C=O) groups excluding carboxylic acids is 2. The van der Waals surface area contributed by atoms with Crippen LogP contribution in [0.15, 0.2) is 53.3 Å². The number of fused-ring (bicyclic) bond motifs is 1. The number of hydrogen-bond acceptors (Lipinski definition) is 4. The highest BCUT2D eigenvalue weighted by molar-refractivity contribution is 6.11. The van der Waals surface area contributed by atoms with Gasteiger partial charge in [0, 0.05) is 22.7 Å². The van der Waals surface area contributed by atoms with Gasteiger partial charge >= 0.3 is 0 Å². The number of rotatable bonds is 5. The molecule has 1 aromatic heterocycles. The van der Waals surface area contributed by atoms with E-state index in [1.807, 2.05) is 13.8 Å². The number of hydrogen-bond donors (Lipinski definition) is 2. The standard InChI is InChI=1S/C22H24N4O3/c1-13(2)20(27)23-15-8-7-9-16(12-15)24-21(28)19-17-10-5-6-11-18(17)22(29)26(25-19)14(3)4/h5-14H,1-4H3,(H,23,27)(H,24,28). The highest BCUT2D eigenvalue weighted by Gasteiger charge is 2.18. The Labute approximate surface area is 168 Å². The SMILES string of the molecule is CC(C)C(=O)Nc1cccc(NC(=O)c2nn(C(C)C)c(=O)c3ccccc23)c1. The van der Waals surface area contributed by atoms with Crippen LogP contribution in [-0.4, -0.2) is 21.6 Å². The van der Waals surface area contributed by atoms with Crippen molar-refractivity contribution in [2.45, 2.75) is 33.7 Å². The van der Waals surface area contributed by atoms with Crippen molar-refractivity contribution >= 4 is 34.0 Å². The summed E-state index contributed by atoms with van der Waals surface area (Å²) in [5.41, 5.74) is 1.05. The zero-order valence-corrected chi connectivity index (χ0v) is 16.9. The van der Waals surface area contributed by atoms with Gasteiger partial charge in [-0.3, -0.25) is 14.4 Å². The van der Waals surface area contributed by atoms with Crippen molar-refractivity contribution in [3.05, 3.63) is 64.6 Å². The lowest BCUT2D eigenvalue weighted by atomic mass is 10.1. The summed E-state index contributed by atoms with van der Waals surface area (Å²) in [6, 6.07) is 13.6. The van der Waals surface area contributed by atoms with Crippen LogP contribution in [0, 0.1) is 5.92 Å². The fourth-order valence-corrected chi connectivity index (χ4v) is 2.88. The summed E-state index contributed by atoms with van der Waals surface area (Å²) in [6.45, 7) is 7.29. The predicted octanol–water partition coefficient (Wildman–Crippen LogP) is 3.82. The first kappa shape index (κ1) is 20.3. The van der Waals surface area contributed by atoms with Crippen molar-refractivity contribution in [1.82, 2.24) is 9.78 Å². The maximum atomic E-state index is 13.0. The van der Waals surface area contributed by atoms with Gasteiger partial charge < -0.3 is 10.6 Å². The van der Waals surface area contributed by atoms with E-state index in [2.05, 4.69) is 15.7 Å². The average Bonchev–Trinajstić information content (AvgIpc) is 2.68. The molecule has 0 aliphatic rings. The molecule has 3 rings (SSSR count). The highest BCUT2D eigenvalue weighted by atomic mass is 16.2. The molecule has 0 atom stereocenters. The summed E-state index contributed by atoms with van der Waals surface area (Å²) in [5.74, 6) is -0.686. The molecule has 0 saturated heterocycles. The zero-order valence-electron chi connectivity index (χ0n) is 16.9. The van der Waals surface area contributed by atoms with E-state index in [-0.39, 0.29) is 29.1 Å². The zero-order chi connectivity index (χ0) is 21.1. The topological polar surface area (TPSA) is 93.1 Å². The fraction of sp³-hybridized carbons (Fsp3) is 0.273. The molecule has 0 fully saturated rings. The predicted molar refractivity (Wildman–Crippen MR) is 114 cm³/mol. The van der Waals surface area contributed by atoms with Gasteiger partial charge in [-0.1, -0.05) is 38.1 Å². The van der Waals surface area contributed by atoms with Crippen LogP contribution < -0.4 is 16.2 Å². The summed E-state index contributed by atoms with van der Waals surface area (Å²) >= 11 is 0. The number of carbonyl (C=O) groups is 2. The van der Waals surface area contributed by atoms with E-state index in [0.29, 0.717) is 22.1 Å². The monoisotopic (exact) mass is 392 g/mol. The lowest BCUT2D eigenvalue weighted by molar-refractivity contribution is -0.118. The van der Waals surface area contributed by atoms with Crippen molar-refractivity contribution in [2.75, 3.05) is 10.6 Å². The second-order valence-corrected chi connectivity index (χ2v) is 7.42. The van der Waals surface area contributed by atoms with Gasteiger partial charge in [-0.25, -0.2) is 4.68 Å². The van der Waals surface area contributed by atoms with Gasteiger partial charge in [-0.05, 0) is 38.1 Å². The third-order valence-corrected chi connectivity index (χ3v) is 4.44. The molecular formula is C22H24N4O3. The van der Waals surface area contributed by atoms with Crippen LogP contribution in [0.1, 0.15) is 44.2 Å². The van der Waals surface area contributed by atoms with Gasteiger partial charge in [-0.15, -0.1) is 0 Å². The van der Waals surface area contributed by atoms with Crippen LogP contribution >= 0.6 is 0 Å². The van der Waals surface area contributed by atoms with Crippen molar-refractivity contribution in [3.63, 3.8) is 0 Å². The molecule has 150 valence electrons. The van der Waals surface area contributed by atoms with Gasteiger partial charge in [0.2, 0.25) is 5.91 Å². The summed E-state index contributed by atoms with van der Waals surface area (Å²) in [4.78, 5) is 37.5. The Hall–Kier alpha value is -3.48. The summed E-state index contributed by atoms with van der Waals surface area (Å²) in [6.07, 6.45) is 0. The van der Waals surface area contributed by atoms with Gasteiger partial charge in [-0.2, -0.15) is 5.10 Å². The third kappa shape index (κ3) is 4.34. The molecule has 0 radical (unpaired) electrons. The maximum Gasteiger partial charge on any atom is 0.276 e. The minimum atomic E-state index is -0.428. The van der Waals surface area contributed by atoms with Crippen LogP contribution in [-0.2, 0) is 4.79 Å². The molecular weight excluding hydrogens is 368 g/mol. The number of aromatic nitrogens is 2. The minimum absolute atomic E-state index is 0.106. The van der Waals surface area contributed by atoms with E-state index in [0.717, 1.165) is 0 Å². The van der Waals surface area contributed by atoms with Gasteiger partial charge in [0.1, 0.15) is 0 Å². The largest absolute Gasteiger partial charge is 0.326 e.